The van der Waals surface area contributed by atoms with Crippen LogP contribution in [0.4, 0.5) is 23.8 Å². The minimum atomic E-state index is -4.60. The first-order valence-corrected chi connectivity index (χ1v) is 8.13. The standard InChI is InChI=1S/C16H22F3N5O3/c1-15(2,3)13(25)22-12-5-9(6-20-23-12)10(8-27-4)24-7-11(16(17,18)19)21-14(24)26/h5-6,10-11H,7-8H2,1-4H3,(H,21,26)(H,22,23,25)/t10-,11+/m1/s1/i6D. The van der Waals surface area contributed by atoms with Crippen LogP contribution in [-0.4, -0.2) is 59.5 Å². The lowest BCUT2D eigenvalue weighted by molar-refractivity contribution is -0.150. The zero-order valence-corrected chi connectivity index (χ0v) is 15.3. The molecule has 11 heteroatoms. The van der Waals surface area contributed by atoms with E-state index >= 15 is 0 Å². The highest BCUT2D eigenvalue weighted by Gasteiger charge is 2.48. The van der Waals surface area contributed by atoms with Gasteiger partial charge in [0, 0.05) is 18.1 Å². The number of nitrogens with one attached hydrogen (secondary N) is 2. The molecule has 3 amide bonds. The molecule has 2 rings (SSSR count). The Morgan fingerprint density at radius 1 is 1.52 bits per heavy atom. The molecule has 0 bridgehead atoms. The molecular weight excluding hydrogens is 367 g/mol. The molecule has 1 aromatic rings. The predicted molar refractivity (Wildman–Crippen MR) is 89.8 cm³/mol. The van der Waals surface area contributed by atoms with Gasteiger partial charge >= 0.3 is 12.2 Å². The Morgan fingerprint density at radius 2 is 2.19 bits per heavy atom. The van der Waals surface area contributed by atoms with Crippen molar-refractivity contribution in [2.45, 2.75) is 39.0 Å². The Morgan fingerprint density at radius 3 is 2.70 bits per heavy atom. The van der Waals surface area contributed by atoms with Crippen LogP contribution >= 0.6 is 0 Å². The predicted octanol–water partition coefficient (Wildman–Crippen LogP) is 2.10. The third-order valence-electron chi connectivity index (χ3n) is 3.94. The first-order chi connectivity index (χ1) is 12.8. The van der Waals surface area contributed by atoms with Gasteiger partial charge in [0.15, 0.2) is 5.82 Å². The van der Waals surface area contributed by atoms with E-state index in [1.165, 1.54) is 13.2 Å². The highest BCUT2D eigenvalue weighted by molar-refractivity contribution is 5.93. The van der Waals surface area contributed by atoms with Gasteiger partial charge in [-0.3, -0.25) is 4.79 Å². The lowest BCUT2D eigenvalue weighted by Gasteiger charge is -2.27. The summed E-state index contributed by atoms with van der Waals surface area (Å²) in [5, 5.41) is 11.8. The van der Waals surface area contributed by atoms with Crippen molar-refractivity contribution in [3.8, 4) is 0 Å². The lowest BCUT2D eigenvalue weighted by atomic mass is 9.96. The van der Waals surface area contributed by atoms with E-state index in [0.717, 1.165) is 4.90 Å². The summed E-state index contributed by atoms with van der Waals surface area (Å²) in [6.07, 6.45) is -4.94. The molecular formula is C16H22F3N5O3. The molecule has 0 spiro atoms. The molecule has 1 aromatic heterocycles. The quantitative estimate of drug-likeness (QED) is 0.803. The van der Waals surface area contributed by atoms with Gasteiger partial charge in [-0.2, -0.15) is 18.3 Å². The van der Waals surface area contributed by atoms with Crippen molar-refractivity contribution in [1.82, 2.24) is 20.4 Å². The van der Waals surface area contributed by atoms with Crippen LogP contribution in [0, 0.1) is 5.41 Å². The number of alkyl halides is 3. The molecule has 27 heavy (non-hydrogen) atoms. The fourth-order valence-corrected chi connectivity index (χ4v) is 2.40. The SMILES string of the molecule is [2H]c1nnc(NC(=O)C(C)(C)C)cc1[C@@H](COC)N1C[C@@H](C(F)(F)F)NC1=O. The number of halogens is 3. The molecule has 0 saturated carbocycles. The zero-order chi connectivity index (χ0) is 21.3. The third kappa shape index (κ3) is 5.06. The Balaban J connectivity index is 2.34. The molecule has 0 aromatic carbocycles. The number of hydrogen-bond acceptors (Lipinski definition) is 5. The summed E-state index contributed by atoms with van der Waals surface area (Å²) in [4.78, 5) is 25.2. The van der Waals surface area contributed by atoms with Gasteiger partial charge in [0.2, 0.25) is 5.91 Å². The van der Waals surface area contributed by atoms with Crippen LogP contribution in [0.5, 0.6) is 0 Å². The topological polar surface area (TPSA) is 96.4 Å². The fraction of sp³-hybridized carbons (Fsp3) is 0.625. The van der Waals surface area contributed by atoms with E-state index in [1.807, 2.05) is 5.32 Å². The second-order valence-corrected chi connectivity index (χ2v) is 7.17. The number of urea groups is 1. The minimum absolute atomic E-state index is 0.0269. The van der Waals surface area contributed by atoms with Crippen LogP contribution in [-0.2, 0) is 9.53 Å². The average molecular weight is 390 g/mol. The van der Waals surface area contributed by atoms with E-state index in [2.05, 4.69) is 15.5 Å². The largest absolute Gasteiger partial charge is 0.410 e. The highest BCUT2D eigenvalue weighted by Crippen LogP contribution is 2.30. The van der Waals surface area contributed by atoms with Gasteiger partial charge in [0.1, 0.15) is 6.04 Å². The molecule has 0 radical (unpaired) electrons. The second-order valence-electron chi connectivity index (χ2n) is 7.17. The van der Waals surface area contributed by atoms with E-state index in [1.54, 1.807) is 20.8 Å². The van der Waals surface area contributed by atoms with Gasteiger partial charge in [-0.05, 0) is 6.07 Å². The number of methoxy groups -OCH3 is 1. The summed E-state index contributed by atoms with van der Waals surface area (Å²) in [6, 6.07) is -2.65. The van der Waals surface area contributed by atoms with Gasteiger partial charge in [-0.1, -0.05) is 20.8 Å². The summed E-state index contributed by atoms with van der Waals surface area (Å²) < 4.78 is 51.9. The minimum Gasteiger partial charge on any atom is -0.382 e. The molecule has 0 unspecified atom stereocenters. The monoisotopic (exact) mass is 390 g/mol. The third-order valence-corrected chi connectivity index (χ3v) is 3.94. The molecule has 1 saturated heterocycles. The molecule has 150 valence electrons. The number of amides is 3. The van der Waals surface area contributed by atoms with Crippen LogP contribution < -0.4 is 10.6 Å². The number of hydrogen-bond donors (Lipinski definition) is 2. The number of carbonyl (C=O) groups is 2. The van der Waals surface area contributed by atoms with Crippen molar-refractivity contribution in [3.63, 3.8) is 0 Å². The van der Waals surface area contributed by atoms with Gasteiger partial charge in [0.05, 0.1) is 26.7 Å². The van der Waals surface area contributed by atoms with Crippen molar-refractivity contribution in [3.05, 3.63) is 17.8 Å². The van der Waals surface area contributed by atoms with Crippen LogP contribution in [0.25, 0.3) is 0 Å². The van der Waals surface area contributed by atoms with Crippen LogP contribution in [0.15, 0.2) is 12.2 Å². The molecule has 0 aliphatic carbocycles. The fourth-order valence-electron chi connectivity index (χ4n) is 2.40. The maximum absolute atomic E-state index is 13.0. The first-order valence-electron chi connectivity index (χ1n) is 8.63. The van der Waals surface area contributed by atoms with E-state index in [9.17, 15) is 22.8 Å². The van der Waals surface area contributed by atoms with Crippen LogP contribution in [0.2, 0.25) is 0 Å². The summed E-state index contributed by atoms with van der Waals surface area (Å²) in [5.41, 5.74) is -0.610. The molecule has 8 nitrogen and oxygen atoms in total. The van der Waals surface area contributed by atoms with Gasteiger partial charge < -0.3 is 20.3 Å². The van der Waals surface area contributed by atoms with Crippen molar-refractivity contribution in [2.24, 2.45) is 5.41 Å². The summed E-state index contributed by atoms with van der Waals surface area (Å²) in [7, 11) is 1.32. The molecule has 1 fully saturated rings. The number of nitrogens with zero attached hydrogens (tertiary/aromatic N) is 3. The summed E-state index contributed by atoms with van der Waals surface area (Å²) in [5.74, 6) is -0.330. The number of rotatable bonds is 5. The van der Waals surface area contributed by atoms with Crippen molar-refractivity contribution in [2.75, 3.05) is 25.6 Å². The Bertz CT molecular complexity index is 754. The molecule has 2 atom stereocenters. The van der Waals surface area contributed by atoms with E-state index < -0.39 is 36.3 Å². The number of anilines is 1. The number of ether oxygens (including phenoxy) is 1. The molecule has 2 heterocycles. The molecule has 1 aliphatic heterocycles. The van der Waals surface area contributed by atoms with E-state index in [-0.39, 0.29) is 30.1 Å². The Kier molecular flexibility index (Phi) is 5.49. The van der Waals surface area contributed by atoms with E-state index in [0.29, 0.717) is 0 Å². The lowest BCUT2D eigenvalue weighted by Crippen LogP contribution is -2.40. The molecule has 1 aliphatic rings. The smallest absolute Gasteiger partial charge is 0.382 e. The first kappa shape index (κ1) is 19.3. The van der Waals surface area contributed by atoms with Crippen LogP contribution in [0.1, 0.15) is 33.7 Å². The Hall–Kier alpha value is -2.43. The number of carbonyl (C=O) groups excluding carboxylic acids is 2. The second kappa shape index (κ2) is 7.67. The summed E-state index contributed by atoms with van der Waals surface area (Å²) in [6.45, 7) is 4.27. The molecule has 2 N–H and O–H groups in total. The van der Waals surface area contributed by atoms with Gasteiger partial charge in [0.25, 0.3) is 0 Å². The van der Waals surface area contributed by atoms with Crippen LogP contribution in [0.3, 0.4) is 0 Å². The Labute approximate surface area is 155 Å². The maximum atomic E-state index is 13.0. The van der Waals surface area contributed by atoms with Crippen molar-refractivity contribution < 1.29 is 28.9 Å². The normalized spacial score (nSPS) is 19.5. The van der Waals surface area contributed by atoms with Gasteiger partial charge in [-0.25, -0.2) is 4.79 Å². The zero-order valence-electron chi connectivity index (χ0n) is 16.3. The van der Waals surface area contributed by atoms with Gasteiger partial charge in [-0.15, -0.1) is 5.10 Å². The van der Waals surface area contributed by atoms with Crippen molar-refractivity contribution in [1.29, 1.82) is 0 Å². The average Bonchev–Trinajstić information content (AvgIpc) is 2.95. The van der Waals surface area contributed by atoms with E-state index in [4.69, 9.17) is 6.11 Å². The number of aromatic nitrogens is 2. The van der Waals surface area contributed by atoms with Crippen molar-refractivity contribution >= 4 is 17.8 Å². The maximum Gasteiger partial charge on any atom is 0.410 e. The summed E-state index contributed by atoms with van der Waals surface area (Å²) >= 11 is 0. The highest BCUT2D eigenvalue weighted by atomic mass is 19.4.